The minimum Gasteiger partial charge on any atom is -0.399 e. The van der Waals surface area contributed by atoms with Gasteiger partial charge in [0, 0.05) is 11.1 Å². The van der Waals surface area contributed by atoms with E-state index >= 15 is 0 Å². The van der Waals surface area contributed by atoms with Crippen LogP contribution in [-0.4, -0.2) is 24.1 Å². The summed E-state index contributed by atoms with van der Waals surface area (Å²) in [7, 11) is -0.405. The van der Waals surface area contributed by atoms with Gasteiger partial charge in [0.05, 0.1) is 11.2 Å². The molecule has 0 aliphatic carbocycles. The average Bonchev–Trinajstić information content (AvgIpc) is 2.75. The summed E-state index contributed by atoms with van der Waals surface area (Å²) in [6, 6.07) is 15.1. The van der Waals surface area contributed by atoms with Gasteiger partial charge in [0.1, 0.15) is 0 Å². The summed E-state index contributed by atoms with van der Waals surface area (Å²) in [5.41, 5.74) is 2.58. The molecule has 1 saturated heterocycles. The van der Waals surface area contributed by atoms with Crippen LogP contribution in [0.2, 0.25) is 0 Å². The van der Waals surface area contributed by atoms with Gasteiger partial charge in [-0.25, -0.2) is 0 Å². The number of hydrogen-bond donors (Lipinski definition) is 0. The lowest BCUT2D eigenvalue weighted by Crippen LogP contribution is -2.41. The van der Waals surface area contributed by atoms with Crippen LogP contribution in [0.15, 0.2) is 48.5 Å². The maximum atomic E-state index is 12.6. The predicted molar refractivity (Wildman–Crippen MR) is 96.8 cm³/mol. The molecule has 1 aliphatic rings. The average molecular weight is 322 g/mol. The first-order valence-electron chi connectivity index (χ1n) is 8.27. The highest BCUT2D eigenvalue weighted by Gasteiger charge is 2.51. The third-order valence-electron chi connectivity index (χ3n) is 5.09. The normalized spacial score (nSPS) is 18.6. The van der Waals surface area contributed by atoms with Gasteiger partial charge < -0.3 is 9.31 Å². The fourth-order valence-corrected chi connectivity index (χ4v) is 2.75. The lowest BCUT2D eigenvalue weighted by atomic mass is 9.78. The number of benzene rings is 2. The van der Waals surface area contributed by atoms with Crippen molar-refractivity contribution in [1.82, 2.24) is 0 Å². The third-order valence-corrected chi connectivity index (χ3v) is 5.09. The van der Waals surface area contributed by atoms with Crippen LogP contribution < -0.4 is 5.46 Å². The Balaban J connectivity index is 1.82. The van der Waals surface area contributed by atoms with E-state index in [0.717, 1.165) is 16.6 Å². The molecule has 0 bridgehead atoms. The molecule has 0 unspecified atom stereocenters. The standard InChI is InChI=1S/C20H23BO3/c1-14-8-6-7-9-17(14)18(22)15-10-12-16(13-11-15)21-23-19(2,3)20(4,5)24-21/h6-13H,1-5H3. The van der Waals surface area contributed by atoms with Crippen molar-refractivity contribution in [1.29, 1.82) is 0 Å². The Morgan fingerprint density at radius 3 is 1.96 bits per heavy atom. The van der Waals surface area contributed by atoms with Crippen molar-refractivity contribution in [2.24, 2.45) is 0 Å². The molecule has 124 valence electrons. The second kappa shape index (κ2) is 5.87. The smallest absolute Gasteiger partial charge is 0.399 e. The SMILES string of the molecule is Cc1ccccc1C(=O)c1ccc(B2OC(C)(C)C(C)(C)O2)cc1. The number of rotatable bonds is 3. The number of aryl methyl sites for hydroxylation is 1. The lowest BCUT2D eigenvalue weighted by Gasteiger charge is -2.32. The topological polar surface area (TPSA) is 35.5 Å². The van der Waals surface area contributed by atoms with E-state index in [9.17, 15) is 4.79 Å². The van der Waals surface area contributed by atoms with Gasteiger partial charge in [-0.15, -0.1) is 0 Å². The van der Waals surface area contributed by atoms with Crippen molar-refractivity contribution in [3.8, 4) is 0 Å². The van der Waals surface area contributed by atoms with Crippen LogP contribution in [0.4, 0.5) is 0 Å². The molecule has 4 heteroatoms. The second-order valence-corrected chi connectivity index (χ2v) is 7.35. The zero-order valence-electron chi connectivity index (χ0n) is 14.9. The van der Waals surface area contributed by atoms with E-state index < -0.39 is 7.12 Å². The van der Waals surface area contributed by atoms with E-state index in [4.69, 9.17) is 9.31 Å². The molecular formula is C20H23BO3. The summed E-state index contributed by atoms with van der Waals surface area (Å²) in [5, 5.41) is 0. The van der Waals surface area contributed by atoms with Gasteiger partial charge in [0.25, 0.3) is 0 Å². The molecule has 3 nitrogen and oxygen atoms in total. The van der Waals surface area contributed by atoms with Crippen LogP contribution in [0.3, 0.4) is 0 Å². The van der Waals surface area contributed by atoms with Crippen molar-refractivity contribution < 1.29 is 14.1 Å². The summed E-state index contributed by atoms with van der Waals surface area (Å²) in [6.07, 6.45) is 0. The highest BCUT2D eigenvalue weighted by molar-refractivity contribution is 6.62. The van der Waals surface area contributed by atoms with Crippen molar-refractivity contribution >= 4 is 18.4 Å². The highest BCUT2D eigenvalue weighted by atomic mass is 16.7. The van der Waals surface area contributed by atoms with Gasteiger partial charge in [0.15, 0.2) is 5.78 Å². The molecule has 0 radical (unpaired) electrons. The lowest BCUT2D eigenvalue weighted by molar-refractivity contribution is 0.00578. The molecule has 0 atom stereocenters. The number of carbonyl (C=O) groups excluding carboxylic acids is 1. The van der Waals surface area contributed by atoms with Crippen LogP contribution in [0.25, 0.3) is 0 Å². The maximum absolute atomic E-state index is 12.6. The van der Waals surface area contributed by atoms with Gasteiger partial charge >= 0.3 is 7.12 Å². The van der Waals surface area contributed by atoms with Crippen LogP contribution >= 0.6 is 0 Å². The Morgan fingerprint density at radius 1 is 0.875 bits per heavy atom. The molecule has 1 aliphatic heterocycles. The van der Waals surface area contributed by atoms with Crippen LogP contribution in [0.5, 0.6) is 0 Å². The number of hydrogen-bond acceptors (Lipinski definition) is 3. The summed E-state index contributed by atoms with van der Waals surface area (Å²) >= 11 is 0. The van der Waals surface area contributed by atoms with Gasteiger partial charge in [-0.2, -0.15) is 0 Å². The Hall–Kier alpha value is -1.91. The van der Waals surface area contributed by atoms with Crippen LogP contribution in [0, 0.1) is 6.92 Å². The Morgan fingerprint density at radius 2 is 1.42 bits per heavy atom. The molecule has 24 heavy (non-hydrogen) atoms. The Bertz CT molecular complexity index is 747. The van der Waals surface area contributed by atoms with Crippen molar-refractivity contribution in [3.63, 3.8) is 0 Å². The monoisotopic (exact) mass is 322 g/mol. The largest absolute Gasteiger partial charge is 0.494 e. The first-order valence-corrected chi connectivity index (χ1v) is 8.27. The van der Waals surface area contributed by atoms with E-state index in [2.05, 4.69) is 0 Å². The summed E-state index contributed by atoms with van der Waals surface area (Å²) in [6.45, 7) is 10.1. The third kappa shape index (κ3) is 2.92. The quantitative estimate of drug-likeness (QED) is 0.641. The van der Waals surface area contributed by atoms with E-state index in [1.54, 1.807) is 0 Å². The summed E-state index contributed by atoms with van der Waals surface area (Å²) in [5.74, 6) is 0.0357. The molecule has 0 aromatic heterocycles. The van der Waals surface area contributed by atoms with Gasteiger partial charge in [-0.3, -0.25) is 4.79 Å². The maximum Gasteiger partial charge on any atom is 0.494 e. The van der Waals surface area contributed by atoms with Crippen LogP contribution in [0.1, 0.15) is 49.2 Å². The van der Waals surface area contributed by atoms with Gasteiger partial charge in [-0.1, -0.05) is 48.5 Å². The molecule has 0 saturated carbocycles. The van der Waals surface area contributed by atoms with Gasteiger partial charge in [-0.05, 0) is 45.6 Å². The van der Waals surface area contributed by atoms with Gasteiger partial charge in [0.2, 0.25) is 0 Å². The highest BCUT2D eigenvalue weighted by Crippen LogP contribution is 2.36. The second-order valence-electron chi connectivity index (χ2n) is 7.35. The molecule has 0 N–H and O–H groups in total. The number of carbonyl (C=O) groups is 1. The summed E-state index contributed by atoms with van der Waals surface area (Å²) in [4.78, 5) is 12.6. The minimum atomic E-state index is -0.405. The molecule has 2 aromatic carbocycles. The first kappa shape index (κ1) is 16.9. The number of ketones is 1. The molecule has 1 heterocycles. The van der Waals surface area contributed by atoms with E-state index in [1.807, 2.05) is 83.1 Å². The zero-order valence-corrected chi connectivity index (χ0v) is 14.9. The Kier molecular flexibility index (Phi) is 4.14. The predicted octanol–water partition coefficient (Wildman–Crippen LogP) is 3.53. The van der Waals surface area contributed by atoms with Crippen molar-refractivity contribution in [2.75, 3.05) is 0 Å². The fourth-order valence-electron chi connectivity index (χ4n) is 2.75. The molecule has 3 rings (SSSR count). The zero-order chi connectivity index (χ0) is 17.5. The molecule has 1 fully saturated rings. The van der Waals surface area contributed by atoms with E-state index in [-0.39, 0.29) is 17.0 Å². The summed E-state index contributed by atoms with van der Waals surface area (Å²) < 4.78 is 12.1. The van der Waals surface area contributed by atoms with Crippen LogP contribution in [-0.2, 0) is 9.31 Å². The molecule has 0 spiro atoms. The van der Waals surface area contributed by atoms with Crippen molar-refractivity contribution in [2.45, 2.75) is 45.8 Å². The molecule has 2 aromatic rings. The van der Waals surface area contributed by atoms with Crippen molar-refractivity contribution in [3.05, 3.63) is 65.2 Å². The molecule has 0 amide bonds. The van der Waals surface area contributed by atoms with E-state index in [0.29, 0.717) is 5.56 Å². The first-order chi connectivity index (χ1) is 11.2. The molecular weight excluding hydrogens is 299 g/mol. The van der Waals surface area contributed by atoms with E-state index in [1.165, 1.54) is 0 Å². The Labute approximate surface area is 144 Å². The minimum absolute atomic E-state index is 0.0357. The fraction of sp³-hybridized carbons (Fsp3) is 0.350.